The molecule has 0 bridgehead atoms. The van der Waals surface area contributed by atoms with Gasteiger partial charge in [-0.1, -0.05) is 45.4 Å². The molecule has 0 amide bonds. The zero-order valence-corrected chi connectivity index (χ0v) is 9.56. The predicted molar refractivity (Wildman–Crippen MR) is 60.3 cm³/mol. The average molecular weight is 196 g/mol. The molecule has 1 aliphatic carbocycles. The lowest BCUT2D eigenvalue weighted by Crippen LogP contribution is -2.18. The first-order valence-corrected chi connectivity index (χ1v) is 6.37. The number of carbonyl (C=O) groups excluding carboxylic acids is 1. The highest BCUT2D eigenvalue weighted by Crippen LogP contribution is 2.25. The minimum Gasteiger partial charge on any atom is -0.299 e. The number of unbranched alkanes of at least 4 members (excludes halogenated alkanes) is 4. The molecule has 1 rings (SSSR count). The Morgan fingerprint density at radius 3 is 2.64 bits per heavy atom. The molecule has 0 aromatic rings. The quantitative estimate of drug-likeness (QED) is 0.584. The molecule has 0 N–H and O–H groups in total. The van der Waals surface area contributed by atoms with Crippen molar-refractivity contribution in [2.45, 2.75) is 71.1 Å². The molecular formula is C13H24O. The second-order valence-electron chi connectivity index (χ2n) is 4.61. The predicted octanol–water partition coefficient (Wildman–Crippen LogP) is 4.11. The van der Waals surface area contributed by atoms with Gasteiger partial charge in [-0.15, -0.1) is 0 Å². The first kappa shape index (κ1) is 11.7. The third-order valence-corrected chi connectivity index (χ3v) is 3.34. The number of hydrogen-bond acceptors (Lipinski definition) is 1. The van der Waals surface area contributed by atoms with Crippen LogP contribution >= 0.6 is 0 Å². The molecule has 0 saturated heterocycles. The molecule has 0 heterocycles. The highest BCUT2D eigenvalue weighted by molar-refractivity contribution is 5.81. The number of rotatable bonds is 6. The van der Waals surface area contributed by atoms with Gasteiger partial charge in [0.05, 0.1) is 0 Å². The zero-order chi connectivity index (χ0) is 10.2. The van der Waals surface area contributed by atoms with E-state index in [0.29, 0.717) is 11.7 Å². The van der Waals surface area contributed by atoms with E-state index in [1.165, 1.54) is 51.4 Å². The van der Waals surface area contributed by atoms with Crippen LogP contribution < -0.4 is 0 Å². The molecule has 0 aromatic heterocycles. The molecule has 1 heteroatoms. The Hall–Kier alpha value is -0.330. The summed E-state index contributed by atoms with van der Waals surface area (Å²) in [5.41, 5.74) is 0. The summed E-state index contributed by atoms with van der Waals surface area (Å²) in [5, 5.41) is 0. The molecular weight excluding hydrogens is 172 g/mol. The number of ketones is 1. The summed E-state index contributed by atoms with van der Waals surface area (Å²) in [7, 11) is 0. The Kier molecular flexibility index (Phi) is 5.89. The molecule has 1 unspecified atom stereocenters. The summed E-state index contributed by atoms with van der Waals surface area (Å²) < 4.78 is 0. The Balaban J connectivity index is 2.02. The third kappa shape index (κ3) is 4.26. The second-order valence-corrected chi connectivity index (χ2v) is 4.61. The van der Waals surface area contributed by atoms with E-state index in [0.717, 1.165) is 12.8 Å². The van der Waals surface area contributed by atoms with Crippen LogP contribution in [0.25, 0.3) is 0 Å². The molecule has 1 aliphatic rings. The monoisotopic (exact) mass is 196 g/mol. The Morgan fingerprint density at radius 2 is 1.93 bits per heavy atom. The molecule has 82 valence electrons. The van der Waals surface area contributed by atoms with Crippen molar-refractivity contribution in [1.29, 1.82) is 0 Å². The maximum absolute atomic E-state index is 11.5. The molecule has 0 aromatic carbocycles. The van der Waals surface area contributed by atoms with Crippen LogP contribution in [0.5, 0.6) is 0 Å². The van der Waals surface area contributed by atoms with Crippen LogP contribution in [-0.2, 0) is 4.79 Å². The van der Waals surface area contributed by atoms with Crippen LogP contribution in [0, 0.1) is 5.92 Å². The van der Waals surface area contributed by atoms with E-state index < -0.39 is 0 Å². The first-order chi connectivity index (χ1) is 6.84. The van der Waals surface area contributed by atoms with Crippen molar-refractivity contribution < 1.29 is 4.79 Å². The molecule has 1 atom stereocenters. The molecule has 14 heavy (non-hydrogen) atoms. The van der Waals surface area contributed by atoms with Crippen LogP contribution in [0.4, 0.5) is 0 Å². The lowest BCUT2D eigenvalue weighted by Gasteiger charge is -2.19. The normalized spacial score (nSPS) is 22.6. The van der Waals surface area contributed by atoms with Crippen LogP contribution in [0.2, 0.25) is 0 Å². The van der Waals surface area contributed by atoms with Crippen LogP contribution in [0.15, 0.2) is 0 Å². The lowest BCUT2D eigenvalue weighted by molar-refractivity contribution is -0.124. The summed E-state index contributed by atoms with van der Waals surface area (Å²) >= 11 is 0. The Morgan fingerprint density at radius 1 is 1.14 bits per heavy atom. The number of carbonyl (C=O) groups is 1. The second kappa shape index (κ2) is 7.03. The molecule has 0 radical (unpaired) electrons. The summed E-state index contributed by atoms with van der Waals surface area (Å²) in [6.07, 6.45) is 12.3. The number of hydrogen-bond donors (Lipinski definition) is 0. The molecule has 0 spiro atoms. The number of Topliss-reactive ketones (excluding diaryl/α,β-unsaturated/α-hetero) is 1. The van der Waals surface area contributed by atoms with Gasteiger partial charge in [-0.25, -0.2) is 0 Å². The lowest BCUT2D eigenvalue weighted by atomic mass is 9.84. The standard InChI is InChI=1S/C13H24O/c1-2-3-4-5-6-9-12-10-7-8-11-13(12)14/h12H,2-11H2,1H3. The fourth-order valence-corrected chi connectivity index (χ4v) is 2.35. The molecule has 1 fully saturated rings. The Bertz CT molecular complexity index is 163. The smallest absolute Gasteiger partial charge is 0.135 e. The van der Waals surface area contributed by atoms with Crippen molar-refractivity contribution in [1.82, 2.24) is 0 Å². The van der Waals surface area contributed by atoms with Crippen LogP contribution in [0.3, 0.4) is 0 Å². The molecule has 1 saturated carbocycles. The molecule has 1 nitrogen and oxygen atoms in total. The maximum atomic E-state index is 11.5. The van der Waals surface area contributed by atoms with E-state index in [1.54, 1.807) is 0 Å². The summed E-state index contributed by atoms with van der Waals surface area (Å²) in [6.45, 7) is 2.24. The summed E-state index contributed by atoms with van der Waals surface area (Å²) in [6, 6.07) is 0. The fourth-order valence-electron chi connectivity index (χ4n) is 2.35. The van der Waals surface area contributed by atoms with Gasteiger partial charge in [0.1, 0.15) is 5.78 Å². The van der Waals surface area contributed by atoms with Crippen molar-refractivity contribution in [3.05, 3.63) is 0 Å². The zero-order valence-electron chi connectivity index (χ0n) is 9.56. The molecule has 0 aliphatic heterocycles. The van der Waals surface area contributed by atoms with Gasteiger partial charge in [-0.3, -0.25) is 4.79 Å². The van der Waals surface area contributed by atoms with Gasteiger partial charge in [0.15, 0.2) is 0 Å². The summed E-state index contributed by atoms with van der Waals surface area (Å²) in [5.74, 6) is 0.983. The highest BCUT2D eigenvalue weighted by Gasteiger charge is 2.20. The summed E-state index contributed by atoms with van der Waals surface area (Å²) in [4.78, 5) is 11.5. The van der Waals surface area contributed by atoms with E-state index >= 15 is 0 Å². The van der Waals surface area contributed by atoms with E-state index in [-0.39, 0.29) is 0 Å². The average Bonchev–Trinajstić information content (AvgIpc) is 2.20. The van der Waals surface area contributed by atoms with E-state index in [2.05, 4.69) is 6.92 Å². The largest absolute Gasteiger partial charge is 0.299 e. The van der Waals surface area contributed by atoms with Crippen LogP contribution in [-0.4, -0.2) is 5.78 Å². The van der Waals surface area contributed by atoms with Gasteiger partial charge >= 0.3 is 0 Å². The van der Waals surface area contributed by atoms with Gasteiger partial charge < -0.3 is 0 Å². The van der Waals surface area contributed by atoms with E-state index in [9.17, 15) is 4.79 Å². The minimum atomic E-state index is 0.436. The van der Waals surface area contributed by atoms with Gasteiger partial charge in [0.2, 0.25) is 0 Å². The van der Waals surface area contributed by atoms with Crippen molar-refractivity contribution in [2.75, 3.05) is 0 Å². The van der Waals surface area contributed by atoms with Gasteiger partial charge in [0.25, 0.3) is 0 Å². The van der Waals surface area contributed by atoms with Gasteiger partial charge in [-0.05, 0) is 19.3 Å². The first-order valence-electron chi connectivity index (χ1n) is 6.37. The van der Waals surface area contributed by atoms with Crippen LogP contribution in [0.1, 0.15) is 71.1 Å². The Labute approximate surface area is 88.3 Å². The van der Waals surface area contributed by atoms with Crippen molar-refractivity contribution in [3.8, 4) is 0 Å². The van der Waals surface area contributed by atoms with Gasteiger partial charge in [0, 0.05) is 12.3 Å². The highest BCUT2D eigenvalue weighted by atomic mass is 16.1. The third-order valence-electron chi connectivity index (χ3n) is 3.34. The van der Waals surface area contributed by atoms with E-state index in [1.807, 2.05) is 0 Å². The van der Waals surface area contributed by atoms with Crippen molar-refractivity contribution in [2.24, 2.45) is 5.92 Å². The van der Waals surface area contributed by atoms with Crippen molar-refractivity contribution >= 4 is 5.78 Å². The fraction of sp³-hybridized carbons (Fsp3) is 0.923. The topological polar surface area (TPSA) is 17.1 Å². The SMILES string of the molecule is CCCCCCCC1CCCCC1=O. The minimum absolute atomic E-state index is 0.436. The van der Waals surface area contributed by atoms with Crippen molar-refractivity contribution in [3.63, 3.8) is 0 Å². The maximum Gasteiger partial charge on any atom is 0.135 e. The van der Waals surface area contributed by atoms with E-state index in [4.69, 9.17) is 0 Å². The van der Waals surface area contributed by atoms with Gasteiger partial charge in [-0.2, -0.15) is 0 Å².